The first-order valence-corrected chi connectivity index (χ1v) is 5.99. The molecule has 0 aliphatic rings. The highest BCUT2D eigenvalue weighted by atomic mass is 16.1. The van der Waals surface area contributed by atoms with Crippen LogP contribution >= 0.6 is 0 Å². The molecule has 1 aromatic carbocycles. The number of pyridine rings is 1. The van der Waals surface area contributed by atoms with Crippen molar-refractivity contribution in [2.45, 2.75) is 27.3 Å². The Morgan fingerprint density at radius 1 is 1.06 bits per heavy atom. The van der Waals surface area contributed by atoms with Crippen LogP contribution < -0.4 is 11.3 Å². The van der Waals surface area contributed by atoms with Crippen molar-refractivity contribution in [2.24, 2.45) is 0 Å². The van der Waals surface area contributed by atoms with Gasteiger partial charge in [0.05, 0.1) is 12.2 Å². The van der Waals surface area contributed by atoms with E-state index in [2.05, 4.69) is 32.0 Å². The second kappa shape index (κ2) is 4.69. The summed E-state index contributed by atoms with van der Waals surface area (Å²) < 4.78 is 1.65. The zero-order chi connectivity index (χ0) is 13.3. The quantitative estimate of drug-likeness (QED) is 0.879. The molecule has 0 unspecified atom stereocenters. The third kappa shape index (κ3) is 2.62. The molecule has 1 aromatic heterocycles. The zero-order valence-corrected chi connectivity index (χ0v) is 11.0. The van der Waals surface area contributed by atoms with E-state index < -0.39 is 0 Å². The highest BCUT2D eigenvalue weighted by Crippen LogP contribution is 2.11. The van der Waals surface area contributed by atoms with Crippen LogP contribution in [0.1, 0.15) is 22.3 Å². The Morgan fingerprint density at radius 2 is 1.67 bits per heavy atom. The minimum Gasteiger partial charge on any atom is -0.397 e. The van der Waals surface area contributed by atoms with E-state index in [0.29, 0.717) is 12.2 Å². The lowest BCUT2D eigenvalue weighted by Crippen LogP contribution is -2.20. The van der Waals surface area contributed by atoms with E-state index in [9.17, 15) is 4.79 Å². The molecule has 2 N–H and O–H groups in total. The van der Waals surface area contributed by atoms with Gasteiger partial charge in [-0.25, -0.2) is 0 Å². The van der Waals surface area contributed by atoms with Gasteiger partial charge in [0.1, 0.15) is 0 Å². The van der Waals surface area contributed by atoms with Gasteiger partial charge in [-0.05, 0) is 31.9 Å². The van der Waals surface area contributed by atoms with Crippen LogP contribution in [0.4, 0.5) is 5.69 Å². The molecular formula is C15H18N2O. The molecule has 1 heterocycles. The van der Waals surface area contributed by atoms with Gasteiger partial charge in [0, 0.05) is 12.3 Å². The van der Waals surface area contributed by atoms with Gasteiger partial charge in [0.2, 0.25) is 0 Å². The third-order valence-corrected chi connectivity index (χ3v) is 3.01. The summed E-state index contributed by atoms with van der Waals surface area (Å²) in [6.07, 6.45) is 1.72. The van der Waals surface area contributed by atoms with Crippen molar-refractivity contribution < 1.29 is 0 Å². The Morgan fingerprint density at radius 3 is 2.28 bits per heavy atom. The van der Waals surface area contributed by atoms with E-state index in [1.807, 2.05) is 6.92 Å². The predicted molar refractivity (Wildman–Crippen MR) is 74.9 cm³/mol. The summed E-state index contributed by atoms with van der Waals surface area (Å²) in [4.78, 5) is 11.9. The molecule has 2 rings (SSSR count). The summed E-state index contributed by atoms with van der Waals surface area (Å²) in [6, 6.07) is 7.89. The van der Waals surface area contributed by atoms with Crippen LogP contribution in [0.2, 0.25) is 0 Å². The van der Waals surface area contributed by atoms with Gasteiger partial charge in [0.25, 0.3) is 5.56 Å². The monoisotopic (exact) mass is 242 g/mol. The summed E-state index contributed by atoms with van der Waals surface area (Å²) in [6.45, 7) is 6.52. The molecule has 0 bridgehead atoms. The molecule has 0 saturated heterocycles. The van der Waals surface area contributed by atoms with E-state index in [-0.39, 0.29) is 5.56 Å². The minimum atomic E-state index is -0.0131. The molecule has 18 heavy (non-hydrogen) atoms. The number of nitrogens with two attached hydrogens (primary N) is 1. The number of rotatable bonds is 2. The molecule has 3 heteroatoms. The van der Waals surface area contributed by atoms with Crippen molar-refractivity contribution in [1.29, 1.82) is 0 Å². The molecule has 0 saturated carbocycles. The van der Waals surface area contributed by atoms with Crippen LogP contribution in [0, 0.1) is 20.8 Å². The summed E-state index contributed by atoms with van der Waals surface area (Å²) in [7, 11) is 0. The van der Waals surface area contributed by atoms with E-state index >= 15 is 0 Å². The second-order valence-electron chi connectivity index (χ2n) is 4.87. The lowest BCUT2D eigenvalue weighted by Gasteiger charge is -2.10. The number of nitrogens with zero attached hydrogens (tertiary/aromatic N) is 1. The van der Waals surface area contributed by atoms with E-state index in [4.69, 9.17) is 5.73 Å². The number of hydrogen-bond donors (Lipinski definition) is 1. The van der Waals surface area contributed by atoms with E-state index in [1.54, 1.807) is 16.8 Å². The Kier molecular flexibility index (Phi) is 3.24. The summed E-state index contributed by atoms with van der Waals surface area (Å²) in [5.74, 6) is 0. The molecule has 0 aliphatic carbocycles. The van der Waals surface area contributed by atoms with Crippen molar-refractivity contribution >= 4 is 5.69 Å². The normalized spacial score (nSPS) is 10.6. The Bertz CT molecular complexity index is 621. The molecular weight excluding hydrogens is 224 g/mol. The van der Waals surface area contributed by atoms with Gasteiger partial charge >= 0.3 is 0 Å². The van der Waals surface area contributed by atoms with Crippen molar-refractivity contribution in [3.8, 4) is 0 Å². The molecule has 0 amide bonds. The average Bonchev–Trinajstić information content (AvgIpc) is 2.24. The fraction of sp³-hybridized carbons (Fsp3) is 0.267. The first-order valence-electron chi connectivity index (χ1n) is 5.99. The number of nitrogen functional groups attached to an aromatic ring is 1. The van der Waals surface area contributed by atoms with Gasteiger partial charge in [-0.1, -0.05) is 29.3 Å². The number of aryl methyl sites for hydroxylation is 3. The molecule has 0 fully saturated rings. The zero-order valence-electron chi connectivity index (χ0n) is 11.0. The summed E-state index contributed by atoms with van der Waals surface area (Å²) >= 11 is 0. The number of aromatic nitrogens is 1. The van der Waals surface area contributed by atoms with Crippen LogP contribution in [0.3, 0.4) is 0 Å². The van der Waals surface area contributed by atoms with Gasteiger partial charge in [-0.3, -0.25) is 4.79 Å². The highest BCUT2D eigenvalue weighted by molar-refractivity contribution is 5.43. The second-order valence-corrected chi connectivity index (χ2v) is 4.87. The average molecular weight is 242 g/mol. The maximum absolute atomic E-state index is 11.9. The highest BCUT2D eigenvalue weighted by Gasteiger charge is 2.03. The maximum atomic E-state index is 11.9. The van der Waals surface area contributed by atoms with Crippen LogP contribution in [-0.4, -0.2) is 4.57 Å². The van der Waals surface area contributed by atoms with Gasteiger partial charge < -0.3 is 10.3 Å². The topological polar surface area (TPSA) is 48.0 Å². The van der Waals surface area contributed by atoms with Crippen LogP contribution in [0.25, 0.3) is 0 Å². The van der Waals surface area contributed by atoms with Crippen LogP contribution in [0.5, 0.6) is 0 Å². The van der Waals surface area contributed by atoms with Crippen molar-refractivity contribution in [3.63, 3.8) is 0 Å². The van der Waals surface area contributed by atoms with Crippen molar-refractivity contribution in [2.75, 3.05) is 5.73 Å². The molecule has 0 radical (unpaired) electrons. The van der Waals surface area contributed by atoms with Crippen LogP contribution in [0.15, 0.2) is 35.3 Å². The first kappa shape index (κ1) is 12.4. The van der Waals surface area contributed by atoms with E-state index in [1.165, 1.54) is 11.1 Å². The molecule has 3 nitrogen and oxygen atoms in total. The number of benzene rings is 1. The molecule has 0 atom stereocenters. The molecule has 0 spiro atoms. The van der Waals surface area contributed by atoms with Gasteiger partial charge in [-0.15, -0.1) is 0 Å². The van der Waals surface area contributed by atoms with Gasteiger partial charge in [-0.2, -0.15) is 0 Å². The minimum absolute atomic E-state index is 0.0131. The summed E-state index contributed by atoms with van der Waals surface area (Å²) in [5, 5.41) is 0. The number of anilines is 1. The standard InChI is InChI=1S/C15H18N2O/c1-10-4-11(2)6-13(5-10)8-17-9-14(16)12(3)7-15(17)18/h4-7,9H,8,16H2,1-3H3. The Balaban J connectivity index is 2.40. The largest absolute Gasteiger partial charge is 0.397 e. The first-order chi connectivity index (χ1) is 8.45. The smallest absolute Gasteiger partial charge is 0.251 e. The predicted octanol–water partition coefficient (Wildman–Crippen LogP) is 2.40. The van der Waals surface area contributed by atoms with Crippen molar-refractivity contribution in [3.05, 3.63) is 63.1 Å². The van der Waals surface area contributed by atoms with Crippen molar-refractivity contribution in [1.82, 2.24) is 4.57 Å². The Hall–Kier alpha value is -2.03. The maximum Gasteiger partial charge on any atom is 0.251 e. The number of hydrogen-bond acceptors (Lipinski definition) is 2. The molecule has 2 aromatic rings. The fourth-order valence-electron chi connectivity index (χ4n) is 2.17. The molecule has 94 valence electrons. The van der Waals surface area contributed by atoms with Crippen LogP contribution in [-0.2, 0) is 6.54 Å². The Labute approximate surface area is 107 Å². The third-order valence-electron chi connectivity index (χ3n) is 3.01. The lowest BCUT2D eigenvalue weighted by molar-refractivity contribution is 0.758. The lowest BCUT2D eigenvalue weighted by atomic mass is 10.1. The summed E-state index contributed by atoms with van der Waals surface area (Å²) in [5.41, 5.74) is 10.8. The van der Waals surface area contributed by atoms with Gasteiger partial charge in [0.15, 0.2) is 0 Å². The fourth-order valence-corrected chi connectivity index (χ4v) is 2.17. The molecule has 0 aliphatic heterocycles. The van der Waals surface area contributed by atoms with E-state index in [0.717, 1.165) is 11.1 Å². The SMILES string of the molecule is Cc1cc(C)cc(Cn2cc(N)c(C)cc2=O)c1.